The summed E-state index contributed by atoms with van der Waals surface area (Å²) in [5, 5.41) is 3.65. The van der Waals surface area contributed by atoms with Gasteiger partial charge in [0.05, 0.1) is 15.0 Å². The second-order valence-electron chi connectivity index (χ2n) is 6.09. The maximum Gasteiger partial charge on any atom is 0.266 e. The Labute approximate surface area is 182 Å². The number of nitrogens with zero attached hydrogens (tertiary/aromatic N) is 1. The minimum absolute atomic E-state index is 0.145. The van der Waals surface area contributed by atoms with Crippen molar-refractivity contribution in [2.24, 2.45) is 0 Å². The van der Waals surface area contributed by atoms with Crippen LogP contribution in [0.2, 0.25) is 10.0 Å². The van der Waals surface area contributed by atoms with E-state index < -0.39 is 0 Å². The molecular weight excluding hydrogens is 435 g/mol. The number of amides is 2. The average Bonchev–Trinajstić information content (AvgIpc) is 2.92. The summed E-state index contributed by atoms with van der Waals surface area (Å²) >= 11 is 18.7. The van der Waals surface area contributed by atoms with Gasteiger partial charge in [-0.1, -0.05) is 77.5 Å². The fourth-order valence-electron chi connectivity index (χ4n) is 2.61. The summed E-state index contributed by atoms with van der Waals surface area (Å²) in [4.78, 5) is 26.8. The van der Waals surface area contributed by atoms with Crippen molar-refractivity contribution < 1.29 is 9.59 Å². The van der Waals surface area contributed by atoms with Crippen LogP contribution in [0.4, 0.5) is 5.69 Å². The number of carbonyl (C=O) groups excluding carboxylic acids is 2. The zero-order valence-corrected chi connectivity index (χ0v) is 18.0. The van der Waals surface area contributed by atoms with Gasteiger partial charge in [0.2, 0.25) is 5.91 Å². The first-order valence-electron chi connectivity index (χ1n) is 8.41. The van der Waals surface area contributed by atoms with Crippen molar-refractivity contribution in [3.63, 3.8) is 0 Å². The lowest BCUT2D eigenvalue weighted by atomic mass is 10.2. The number of anilines is 1. The summed E-state index contributed by atoms with van der Waals surface area (Å²) < 4.78 is 0.415. The first kappa shape index (κ1) is 20.9. The van der Waals surface area contributed by atoms with E-state index in [9.17, 15) is 9.59 Å². The van der Waals surface area contributed by atoms with Gasteiger partial charge in [0.25, 0.3) is 5.91 Å². The van der Waals surface area contributed by atoms with Gasteiger partial charge in [-0.3, -0.25) is 14.5 Å². The lowest BCUT2D eigenvalue weighted by Gasteiger charge is -2.14. The fraction of sp³-hybridized carbons (Fsp3) is 0.150. The van der Waals surface area contributed by atoms with Crippen LogP contribution in [0.15, 0.2) is 47.4 Å². The molecule has 144 valence electrons. The second kappa shape index (κ2) is 9.09. The van der Waals surface area contributed by atoms with E-state index in [1.165, 1.54) is 16.7 Å². The molecule has 1 N–H and O–H groups in total. The standard InChI is InChI=1S/C20H16Cl2N2O2S2/c1-12-5-2-3-8-15(12)23-17(25)9-10-24-19(26)16(28-20(24)27)11-13-6-4-7-14(21)18(13)22/h2-8,11H,9-10H2,1H3,(H,23,25)/b16-11-. The number of aryl methyl sites for hydroxylation is 1. The highest BCUT2D eigenvalue weighted by Gasteiger charge is 2.32. The number of rotatable bonds is 5. The van der Waals surface area contributed by atoms with E-state index in [1.54, 1.807) is 24.3 Å². The maximum absolute atomic E-state index is 12.7. The first-order valence-corrected chi connectivity index (χ1v) is 10.4. The average molecular weight is 451 g/mol. The van der Waals surface area contributed by atoms with Crippen molar-refractivity contribution in [1.82, 2.24) is 4.90 Å². The van der Waals surface area contributed by atoms with Crippen LogP contribution in [0.3, 0.4) is 0 Å². The van der Waals surface area contributed by atoms with Gasteiger partial charge < -0.3 is 5.32 Å². The number of para-hydroxylation sites is 1. The van der Waals surface area contributed by atoms with Crippen molar-refractivity contribution in [2.75, 3.05) is 11.9 Å². The third kappa shape index (κ3) is 4.75. The molecule has 1 fully saturated rings. The quantitative estimate of drug-likeness (QED) is 0.480. The Balaban J connectivity index is 1.65. The zero-order valence-electron chi connectivity index (χ0n) is 14.9. The van der Waals surface area contributed by atoms with Crippen molar-refractivity contribution in [1.29, 1.82) is 0 Å². The summed E-state index contributed by atoms with van der Waals surface area (Å²) in [7, 11) is 0. The van der Waals surface area contributed by atoms with Crippen molar-refractivity contribution in [3.05, 3.63) is 68.5 Å². The molecule has 0 aromatic heterocycles. The predicted molar refractivity (Wildman–Crippen MR) is 121 cm³/mol. The maximum atomic E-state index is 12.7. The Bertz CT molecular complexity index is 992. The Kier molecular flexibility index (Phi) is 6.78. The molecule has 0 spiro atoms. The molecular formula is C20H16Cl2N2O2S2. The van der Waals surface area contributed by atoms with Crippen LogP contribution in [-0.2, 0) is 9.59 Å². The molecule has 2 aromatic rings. The Morgan fingerprint density at radius 3 is 2.71 bits per heavy atom. The minimum Gasteiger partial charge on any atom is -0.326 e. The number of nitrogens with one attached hydrogen (secondary N) is 1. The molecule has 0 atom stereocenters. The molecule has 2 amide bonds. The molecule has 0 unspecified atom stereocenters. The van der Waals surface area contributed by atoms with Crippen LogP contribution < -0.4 is 5.32 Å². The molecule has 1 aliphatic heterocycles. The molecule has 1 heterocycles. The molecule has 0 bridgehead atoms. The van der Waals surface area contributed by atoms with Crippen LogP contribution >= 0.6 is 47.2 Å². The molecule has 2 aromatic carbocycles. The minimum atomic E-state index is -0.241. The highest BCUT2D eigenvalue weighted by atomic mass is 35.5. The van der Waals surface area contributed by atoms with Gasteiger partial charge in [-0.25, -0.2) is 0 Å². The van der Waals surface area contributed by atoms with Crippen molar-refractivity contribution in [3.8, 4) is 0 Å². The molecule has 0 radical (unpaired) electrons. The van der Waals surface area contributed by atoms with E-state index >= 15 is 0 Å². The van der Waals surface area contributed by atoms with Gasteiger partial charge >= 0.3 is 0 Å². The van der Waals surface area contributed by atoms with E-state index in [0.29, 0.717) is 24.8 Å². The summed E-state index contributed by atoms with van der Waals surface area (Å²) in [6, 6.07) is 12.7. The van der Waals surface area contributed by atoms with Crippen LogP contribution in [0.5, 0.6) is 0 Å². The van der Waals surface area contributed by atoms with Crippen LogP contribution in [-0.4, -0.2) is 27.6 Å². The van der Waals surface area contributed by atoms with Gasteiger partial charge in [-0.15, -0.1) is 0 Å². The lowest BCUT2D eigenvalue weighted by Crippen LogP contribution is -2.31. The topological polar surface area (TPSA) is 49.4 Å². The fourth-order valence-corrected chi connectivity index (χ4v) is 4.27. The van der Waals surface area contributed by atoms with Crippen LogP contribution in [0.1, 0.15) is 17.5 Å². The van der Waals surface area contributed by atoms with Gasteiger partial charge in [-0.05, 0) is 36.3 Å². The molecule has 3 rings (SSSR count). The van der Waals surface area contributed by atoms with E-state index in [1.807, 2.05) is 31.2 Å². The molecule has 0 saturated carbocycles. The third-order valence-electron chi connectivity index (χ3n) is 4.12. The third-order valence-corrected chi connectivity index (χ3v) is 6.33. The van der Waals surface area contributed by atoms with E-state index in [0.717, 1.165) is 11.3 Å². The number of thiocarbonyl (C=S) groups is 1. The molecule has 1 saturated heterocycles. The number of halogens is 2. The van der Waals surface area contributed by atoms with Gasteiger partial charge in [0.1, 0.15) is 4.32 Å². The predicted octanol–water partition coefficient (Wildman–Crippen LogP) is 5.53. The summed E-state index contributed by atoms with van der Waals surface area (Å²) in [6.45, 7) is 2.13. The number of thioether (sulfide) groups is 1. The highest BCUT2D eigenvalue weighted by molar-refractivity contribution is 8.26. The van der Waals surface area contributed by atoms with Gasteiger partial charge in [0, 0.05) is 18.7 Å². The zero-order chi connectivity index (χ0) is 20.3. The summed E-state index contributed by atoms with van der Waals surface area (Å²) in [5.74, 6) is -0.417. The largest absolute Gasteiger partial charge is 0.326 e. The monoisotopic (exact) mass is 450 g/mol. The normalized spacial score (nSPS) is 15.4. The second-order valence-corrected chi connectivity index (χ2v) is 8.55. The number of benzene rings is 2. The summed E-state index contributed by atoms with van der Waals surface area (Å²) in [6.07, 6.45) is 1.81. The Morgan fingerprint density at radius 1 is 1.21 bits per heavy atom. The smallest absolute Gasteiger partial charge is 0.266 e. The SMILES string of the molecule is Cc1ccccc1NC(=O)CCN1C(=O)/C(=C/c2cccc(Cl)c2Cl)SC1=S. The van der Waals surface area contributed by atoms with Crippen LogP contribution in [0.25, 0.3) is 6.08 Å². The molecule has 8 heteroatoms. The summed E-state index contributed by atoms with van der Waals surface area (Å²) in [5.41, 5.74) is 2.38. The number of hydrogen-bond donors (Lipinski definition) is 1. The molecule has 28 heavy (non-hydrogen) atoms. The van der Waals surface area contributed by atoms with E-state index in [4.69, 9.17) is 35.4 Å². The molecule has 4 nitrogen and oxygen atoms in total. The van der Waals surface area contributed by atoms with E-state index in [2.05, 4.69) is 5.32 Å². The van der Waals surface area contributed by atoms with Gasteiger partial charge in [-0.2, -0.15) is 0 Å². The van der Waals surface area contributed by atoms with Crippen LogP contribution in [0, 0.1) is 6.92 Å². The van der Waals surface area contributed by atoms with Crippen molar-refractivity contribution >= 4 is 75.1 Å². The number of carbonyl (C=O) groups is 2. The number of hydrogen-bond acceptors (Lipinski definition) is 4. The first-order chi connectivity index (χ1) is 13.4. The van der Waals surface area contributed by atoms with Gasteiger partial charge in [0.15, 0.2) is 0 Å². The lowest BCUT2D eigenvalue weighted by molar-refractivity contribution is -0.122. The highest BCUT2D eigenvalue weighted by Crippen LogP contribution is 2.35. The molecule has 0 aliphatic carbocycles. The molecule has 1 aliphatic rings. The Morgan fingerprint density at radius 2 is 1.96 bits per heavy atom. The Hall–Kier alpha value is -1.86. The van der Waals surface area contributed by atoms with E-state index in [-0.39, 0.29) is 24.8 Å². The van der Waals surface area contributed by atoms with Crippen molar-refractivity contribution in [2.45, 2.75) is 13.3 Å².